The summed E-state index contributed by atoms with van der Waals surface area (Å²) in [5.74, 6) is -0.482. The fraction of sp³-hybridized carbons (Fsp3) is 0.500. The average Bonchev–Trinajstić information content (AvgIpc) is 2.82. The standard InChI is InChI=1S/C14H17ClFNO/c1-17(2)14(7-3-4-8-14)13(18)11-9-10(16)5-6-12(11)15/h5-6,9H,3-4,7-8H2,1-2H3. The van der Waals surface area contributed by atoms with Gasteiger partial charge in [0.2, 0.25) is 0 Å². The lowest BCUT2D eigenvalue weighted by molar-refractivity contribution is 0.0693. The summed E-state index contributed by atoms with van der Waals surface area (Å²) in [6.07, 6.45) is 3.67. The second-order valence-corrected chi connectivity index (χ2v) is 5.49. The van der Waals surface area contributed by atoms with Crippen molar-refractivity contribution in [3.8, 4) is 0 Å². The van der Waals surface area contributed by atoms with Crippen LogP contribution in [-0.2, 0) is 0 Å². The van der Waals surface area contributed by atoms with E-state index >= 15 is 0 Å². The quantitative estimate of drug-likeness (QED) is 0.783. The second-order valence-electron chi connectivity index (χ2n) is 5.09. The largest absolute Gasteiger partial charge is 0.297 e. The number of carbonyl (C=O) groups is 1. The number of Topliss-reactive ketones (excluding diaryl/α,β-unsaturated/α-hetero) is 1. The Labute approximate surface area is 112 Å². The number of hydrogen-bond acceptors (Lipinski definition) is 2. The van der Waals surface area contributed by atoms with E-state index < -0.39 is 11.4 Å². The molecular formula is C14H17ClFNO. The minimum Gasteiger partial charge on any atom is -0.297 e. The fourth-order valence-electron chi connectivity index (χ4n) is 2.76. The molecule has 98 valence electrons. The van der Waals surface area contributed by atoms with Crippen LogP contribution < -0.4 is 0 Å². The van der Waals surface area contributed by atoms with E-state index in [2.05, 4.69) is 0 Å². The maximum atomic E-state index is 13.3. The lowest BCUT2D eigenvalue weighted by atomic mass is 9.86. The SMILES string of the molecule is CN(C)C1(C(=O)c2cc(F)ccc2Cl)CCCC1. The molecule has 0 N–H and O–H groups in total. The summed E-state index contributed by atoms with van der Waals surface area (Å²) in [6, 6.07) is 3.97. The molecule has 1 aromatic carbocycles. The number of halogens is 2. The van der Waals surface area contributed by atoms with E-state index in [9.17, 15) is 9.18 Å². The molecule has 4 heteroatoms. The van der Waals surface area contributed by atoms with E-state index in [0.717, 1.165) is 25.7 Å². The molecule has 18 heavy (non-hydrogen) atoms. The van der Waals surface area contributed by atoms with Crippen LogP contribution in [0.4, 0.5) is 4.39 Å². The highest BCUT2D eigenvalue weighted by atomic mass is 35.5. The summed E-state index contributed by atoms with van der Waals surface area (Å²) < 4.78 is 13.3. The monoisotopic (exact) mass is 269 g/mol. The van der Waals surface area contributed by atoms with Crippen LogP contribution in [0, 0.1) is 5.82 Å². The van der Waals surface area contributed by atoms with Gasteiger partial charge in [-0.2, -0.15) is 0 Å². The van der Waals surface area contributed by atoms with Crippen LogP contribution in [0.1, 0.15) is 36.0 Å². The fourth-order valence-corrected chi connectivity index (χ4v) is 2.96. The predicted molar refractivity (Wildman–Crippen MR) is 70.6 cm³/mol. The summed E-state index contributed by atoms with van der Waals surface area (Å²) in [7, 11) is 3.80. The predicted octanol–water partition coefficient (Wildman–Crippen LogP) is 3.54. The third kappa shape index (κ3) is 2.17. The molecule has 0 spiro atoms. The summed E-state index contributed by atoms with van der Waals surface area (Å²) in [5.41, 5.74) is -0.218. The minimum absolute atomic E-state index is 0.0606. The van der Waals surface area contributed by atoms with Crippen molar-refractivity contribution in [3.63, 3.8) is 0 Å². The van der Waals surface area contributed by atoms with Crippen molar-refractivity contribution in [2.45, 2.75) is 31.2 Å². The molecule has 1 aliphatic carbocycles. The zero-order chi connectivity index (χ0) is 13.3. The maximum absolute atomic E-state index is 13.3. The molecule has 0 aliphatic heterocycles. The summed E-state index contributed by atoms with van der Waals surface area (Å²) in [6.45, 7) is 0. The Hall–Kier alpha value is -0.930. The molecule has 1 aromatic rings. The normalized spacial score (nSPS) is 18.3. The third-order valence-electron chi connectivity index (χ3n) is 3.88. The number of hydrogen-bond donors (Lipinski definition) is 0. The molecule has 0 heterocycles. The molecule has 0 unspecified atom stereocenters. The first-order valence-corrected chi connectivity index (χ1v) is 6.52. The highest BCUT2D eigenvalue weighted by Gasteiger charge is 2.43. The number of carbonyl (C=O) groups excluding carboxylic acids is 1. The van der Waals surface area contributed by atoms with E-state index in [4.69, 9.17) is 11.6 Å². The van der Waals surface area contributed by atoms with Crippen LogP contribution in [0.25, 0.3) is 0 Å². The Morgan fingerprint density at radius 1 is 1.33 bits per heavy atom. The van der Waals surface area contributed by atoms with Gasteiger partial charge >= 0.3 is 0 Å². The van der Waals surface area contributed by atoms with Crippen LogP contribution in [0.3, 0.4) is 0 Å². The van der Waals surface area contributed by atoms with Crippen molar-refractivity contribution in [2.75, 3.05) is 14.1 Å². The molecule has 2 rings (SSSR count). The zero-order valence-electron chi connectivity index (χ0n) is 10.7. The van der Waals surface area contributed by atoms with E-state index in [0.29, 0.717) is 10.6 Å². The molecule has 1 saturated carbocycles. The third-order valence-corrected chi connectivity index (χ3v) is 4.21. The Morgan fingerprint density at radius 3 is 2.50 bits per heavy atom. The smallest absolute Gasteiger partial charge is 0.184 e. The first kappa shape index (κ1) is 13.5. The number of ketones is 1. The Kier molecular flexibility index (Phi) is 3.74. The van der Waals surface area contributed by atoms with Crippen molar-refractivity contribution in [1.29, 1.82) is 0 Å². The van der Waals surface area contributed by atoms with Crippen molar-refractivity contribution in [1.82, 2.24) is 4.90 Å². The molecule has 2 nitrogen and oxygen atoms in total. The molecule has 0 bridgehead atoms. The van der Waals surface area contributed by atoms with Crippen molar-refractivity contribution in [3.05, 3.63) is 34.6 Å². The van der Waals surface area contributed by atoms with E-state index in [1.165, 1.54) is 18.2 Å². The first-order chi connectivity index (χ1) is 8.47. The molecular weight excluding hydrogens is 253 g/mol. The Morgan fingerprint density at radius 2 is 1.94 bits per heavy atom. The number of likely N-dealkylation sites (N-methyl/N-ethyl adjacent to an activating group) is 1. The Balaban J connectivity index is 2.43. The van der Waals surface area contributed by atoms with E-state index in [-0.39, 0.29) is 5.78 Å². The van der Waals surface area contributed by atoms with Gasteiger partial charge in [-0.15, -0.1) is 0 Å². The molecule has 0 aromatic heterocycles. The molecule has 0 radical (unpaired) electrons. The first-order valence-electron chi connectivity index (χ1n) is 6.15. The number of rotatable bonds is 3. The summed E-state index contributed by atoms with van der Waals surface area (Å²) >= 11 is 6.03. The molecule has 0 amide bonds. The van der Waals surface area contributed by atoms with Crippen molar-refractivity contribution >= 4 is 17.4 Å². The highest BCUT2D eigenvalue weighted by molar-refractivity contribution is 6.34. The van der Waals surface area contributed by atoms with E-state index in [1.54, 1.807) is 0 Å². The van der Waals surface area contributed by atoms with Gasteiger partial charge < -0.3 is 0 Å². The van der Waals surface area contributed by atoms with Gasteiger partial charge in [0.15, 0.2) is 5.78 Å². The second kappa shape index (κ2) is 4.98. The van der Waals surface area contributed by atoms with Crippen LogP contribution in [0.15, 0.2) is 18.2 Å². The molecule has 1 fully saturated rings. The summed E-state index contributed by atoms with van der Waals surface area (Å²) in [5, 5.41) is 0.328. The zero-order valence-corrected chi connectivity index (χ0v) is 11.4. The number of nitrogens with zero attached hydrogens (tertiary/aromatic N) is 1. The molecule has 1 aliphatic rings. The average molecular weight is 270 g/mol. The van der Waals surface area contributed by atoms with E-state index in [1.807, 2.05) is 19.0 Å². The van der Waals surface area contributed by atoms with Gasteiger partial charge in [-0.3, -0.25) is 9.69 Å². The van der Waals surface area contributed by atoms with Crippen LogP contribution in [0.5, 0.6) is 0 Å². The minimum atomic E-state index is -0.516. The van der Waals surface area contributed by atoms with Gasteiger partial charge in [-0.25, -0.2) is 4.39 Å². The van der Waals surface area contributed by atoms with Gasteiger partial charge in [0.1, 0.15) is 5.82 Å². The van der Waals surface area contributed by atoms with Crippen LogP contribution >= 0.6 is 11.6 Å². The Bertz CT molecular complexity index is 467. The van der Waals surface area contributed by atoms with Crippen LogP contribution in [-0.4, -0.2) is 30.3 Å². The van der Waals surface area contributed by atoms with Gasteiger partial charge in [0, 0.05) is 5.56 Å². The van der Waals surface area contributed by atoms with Crippen LogP contribution in [0.2, 0.25) is 5.02 Å². The van der Waals surface area contributed by atoms with Crippen molar-refractivity contribution in [2.24, 2.45) is 0 Å². The number of benzene rings is 1. The lowest BCUT2D eigenvalue weighted by Crippen LogP contribution is -2.49. The highest BCUT2D eigenvalue weighted by Crippen LogP contribution is 2.38. The lowest BCUT2D eigenvalue weighted by Gasteiger charge is -2.35. The summed E-state index contributed by atoms with van der Waals surface area (Å²) in [4.78, 5) is 14.6. The van der Waals surface area contributed by atoms with Gasteiger partial charge in [0.05, 0.1) is 10.6 Å². The molecule has 0 saturated heterocycles. The topological polar surface area (TPSA) is 20.3 Å². The van der Waals surface area contributed by atoms with Gasteiger partial charge in [-0.05, 0) is 45.1 Å². The maximum Gasteiger partial charge on any atom is 0.184 e. The molecule has 0 atom stereocenters. The van der Waals surface area contributed by atoms with Gasteiger partial charge in [-0.1, -0.05) is 24.4 Å². The van der Waals surface area contributed by atoms with Gasteiger partial charge in [0.25, 0.3) is 0 Å². The van der Waals surface area contributed by atoms with Crippen molar-refractivity contribution < 1.29 is 9.18 Å².